The van der Waals surface area contributed by atoms with Gasteiger partial charge >= 0.3 is 0 Å². The number of carbonyl (C=O) groups is 1. The Bertz CT molecular complexity index is 671. The first-order chi connectivity index (χ1) is 12.3. The van der Waals surface area contributed by atoms with Crippen LogP contribution >= 0.6 is 0 Å². The molecule has 8 heteroatoms. The lowest BCUT2D eigenvalue weighted by Gasteiger charge is -2.35. The van der Waals surface area contributed by atoms with E-state index >= 15 is 0 Å². The quantitative estimate of drug-likeness (QED) is 0.704. The van der Waals surface area contributed by atoms with Crippen LogP contribution in [0.25, 0.3) is 0 Å². The first kappa shape index (κ1) is 20.8. The zero-order valence-electron chi connectivity index (χ0n) is 15.5. The molecule has 1 aliphatic heterocycles. The average Bonchev–Trinajstić information content (AvgIpc) is 2.61. The number of amides is 1. The second kappa shape index (κ2) is 9.45. The summed E-state index contributed by atoms with van der Waals surface area (Å²) in [6.07, 6.45) is 0.482. The maximum atomic E-state index is 12.5. The van der Waals surface area contributed by atoms with Gasteiger partial charge in [0.2, 0.25) is 15.9 Å². The van der Waals surface area contributed by atoms with Crippen molar-refractivity contribution in [2.45, 2.75) is 32.4 Å². The van der Waals surface area contributed by atoms with Gasteiger partial charge in [-0.05, 0) is 25.8 Å². The summed E-state index contributed by atoms with van der Waals surface area (Å²) in [5, 5.41) is 0. The normalized spacial score (nSPS) is 17.5. The predicted molar refractivity (Wildman–Crippen MR) is 101 cm³/mol. The van der Waals surface area contributed by atoms with Gasteiger partial charge in [-0.25, -0.2) is 8.42 Å². The molecular weight excluding hydrogens is 354 g/mol. The molecule has 0 radical (unpaired) electrons. The summed E-state index contributed by atoms with van der Waals surface area (Å²) < 4.78 is 31.4. The molecule has 1 aromatic carbocycles. The zero-order valence-corrected chi connectivity index (χ0v) is 16.3. The topological polar surface area (TPSA) is 92.9 Å². The van der Waals surface area contributed by atoms with Crippen molar-refractivity contribution in [3.63, 3.8) is 0 Å². The van der Waals surface area contributed by atoms with Gasteiger partial charge in [-0.15, -0.1) is 0 Å². The monoisotopic (exact) mass is 383 g/mol. The highest BCUT2D eigenvalue weighted by Crippen LogP contribution is 2.11. The molecule has 2 rings (SSSR count). The van der Waals surface area contributed by atoms with Crippen molar-refractivity contribution in [3.05, 3.63) is 35.9 Å². The zero-order chi connectivity index (χ0) is 19.2. The molecule has 1 aromatic rings. The second-order valence-corrected chi connectivity index (χ2v) is 8.84. The highest BCUT2D eigenvalue weighted by Gasteiger charge is 2.30. The van der Waals surface area contributed by atoms with E-state index in [9.17, 15) is 13.2 Å². The van der Waals surface area contributed by atoms with Gasteiger partial charge < -0.3 is 15.4 Å². The van der Waals surface area contributed by atoms with Crippen LogP contribution in [0.3, 0.4) is 0 Å². The average molecular weight is 384 g/mol. The van der Waals surface area contributed by atoms with Crippen LogP contribution in [0.1, 0.15) is 19.4 Å². The van der Waals surface area contributed by atoms with E-state index in [1.165, 1.54) is 4.31 Å². The number of nitrogens with zero attached hydrogens (tertiary/aromatic N) is 2. The van der Waals surface area contributed by atoms with Crippen LogP contribution in [0.2, 0.25) is 0 Å². The molecule has 0 aliphatic carbocycles. The molecule has 2 N–H and O–H groups in total. The summed E-state index contributed by atoms with van der Waals surface area (Å²) in [5.41, 5.74) is 7.07. The Morgan fingerprint density at radius 1 is 1.15 bits per heavy atom. The Kier molecular flexibility index (Phi) is 7.57. The highest BCUT2D eigenvalue weighted by atomic mass is 32.2. The first-order valence-electron chi connectivity index (χ1n) is 8.97. The molecule has 7 nitrogen and oxygen atoms in total. The molecule has 1 aliphatic rings. The number of ether oxygens (including phenoxy) is 1. The molecular formula is C18H29N3O4S. The minimum absolute atomic E-state index is 0.00534. The van der Waals surface area contributed by atoms with Crippen molar-refractivity contribution in [3.8, 4) is 0 Å². The molecule has 1 fully saturated rings. The minimum Gasteiger partial charge on any atom is -0.378 e. The molecule has 1 saturated heterocycles. The summed E-state index contributed by atoms with van der Waals surface area (Å²) in [4.78, 5) is 14.2. The van der Waals surface area contributed by atoms with Gasteiger partial charge in [-0.2, -0.15) is 4.31 Å². The molecule has 1 amide bonds. The molecule has 0 bridgehead atoms. The number of sulfonamides is 1. The van der Waals surface area contributed by atoms with E-state index < -0.39 is 16.1 Å². The fourth-order valence-corrected chi connectivity index (χ4v) is 4.18. The number of rotatable bonds is 8. The molecule has 0 spiro atoms. The summed E-state index contributed by atoms with van der Waals surface area (Å²) in [7, 11) is -3.36. The third kappa shape index (κ3) is 6.05. The number of piperazine rings is 1. The van der Waals surface area contributed by atoms with Crippen LogP contribution < -0.4 is 5.73 Å². The summed E-state index contributed by atoms with van der Waals surface area (Å²) in [6.45, 7) is 5.26. The highest BCUT2D eigenvalue weighted by molar-refractivity contribution is 7.89. The fourth-order valence-electron chi connectivity index (χ4n) is 2.89. The Morgan fingerprint density at radius 2 is 1.77 bits per heavy atom. The molecule has 146 valence electrons. The van der Waals surface area contributed by atoms with Gasteiger partial charge in [0, 0.05) is 26.2 Å². The Hall–Kier alpha value is -1.48. The third-order valence-corrected chi connectivity index (χ3v) is 6.19. The van der Waals surface area contributed by atoms with E-state index in [2.05, 4.69) is 0 Å². The van der Waals surface area contributed by atoms with Gasteiger partial charge in [0.15, 0.2) is 0 Å². The number of benzene rings is 1. The smallest absolute Gasteiger partial charge is 0.239 e. The molecule has 0 unspecified atom stereocenters. The van der Waals surface area contributed by atoms with Crippen molar-refractivity contribution in [2.75, 3.05) is 38.5 Å². The van der Waals surface area contributed by atoms with Crippen LogP contribution in [-0.4, -0.2) is 74.2 Å². The minimum atomic E-state index is -3.36. The Morgan fingerprint density at radius 3 is 2.35 bits per heavy atom. The van der Waals surface area contributed by atoms with E-state index in [-0.39, 0.29) is 24.4 Å². The van der Waals surface area contributed by atoms with Crippen LogP contribution in [0, 0.1) is 0 Å². The van der Waals surface area contributed by atoms with Gasteiger partial charge in [0.1, 0.15) is 0 Å². The Balaban J connectivity index is 1.82. The molecule has 0 aromatic heterocycles. The summed E-state index contributed by atoms with van der Waals surface area (Å²) >= 11 is 0. The first-order valence-corrected chi connectivity index (χ1v) is 10.6. The van der Waals surface area contributed by atoms with Crippen molar-refractivity contribution in [1.29, 1.82) is 0 Å². The lowest BCUT2D eigenvalue weighted by Crippen LogP contribution is -2.55. The summed E-state index contributed by atoms with van der Waals surface area (Å²) in [5.74, 6) is -0.166. The second-order valence-electron chi connectivity index (χ2n) is 6.76. The molecule has 1 heterocycles. The van der Waals surface area contributed by atoms with Crippen molar-refractivity contribution < 1.29 is 17.9 Å². The summed E-state index contributed by atoms with van der Waals surface area (Å²) in [6, 6.07) is 9.02. The van der Waals surface area contributed by atoms with Gasteiger partial charge in [-0.3, -0.25) is 4.79 Å². The fraction of sp³-hybridized carbons (Fsp3) is 0.611. The van der Waals surface area contributed by atoms with Crippen LogP contribution in [-0.2, 0) is 26.0 Å². The Labute approximate surface area is 156 Å². The van der Waals surface area contributed by atoms with Crippen molar-refractivity contribution in [1.82, 2.24) is 9.21 Å². The lowest BCUT2D eigenvalue weighted by atomic mass is 10.1. The van der Waals surface area contributed by atoms with E-state index in [4.69, 9.17) is 10.5 Å². The number of nitrogens with two attached hydrogens (primary N) is 1. The maximum Gasteiger partial charge on any atom is 0.239 e. The van der Waals surface area contributed by atoms with Gasteiger partial charge in [-0.1, -0.05) is 30.3 Å². The molecule has 1 atom stereocenters. The lowest BCUT2D eigenvalue weighted by molar-refractivity contribution is -0.133. The standard InChI is InChI=1S/C18H29N3O4S/c1-15(2)25-12-13-26(23,24)21-10-8-20(9-11-21)18(22)17(19)14-16-6-4-3-5-7-16/h3-7,15,17H,8-14,19H2,1-2H3/t17-/m0/s1. The largest absolute Gasteiger partial charge is 0.378 e. The van der Waals surface area contributed by atoms with Crippen LogP contribution in [0.15, 0.2) is 30.3 Å². The predicted octanol–water partition coefficient (Wildman–Crippen LogP) is 0.455. The van der Waals surface area contributed by atoms with Crippen LogP contribution in [0.5, 0.6) is 0 Å². The van der Waals surface area contributed by atoms with Crippen molar-refractivity contribution in [2.24, 2.45) is 5.73 Å². The number of hydrogen-bond donors (Lipinski definition) is 1. The number of hydrogen-bond acceptors (Lipinski definition) is 5. The van der Waals surface area contributed by atoms with Gasteiger partial charge in [0.25, 0.3) is 0 Å². The van der Waals surface area contributed by atoms with E-state index in [1.807, 2.05) is 44.2 Å². The van der Waals surface area contributed by atoms with E-state index in [0.717, 1.165) is 5.56 Å². The number of carbonyl (C=O) groups excluding carboxylic acids is 1. The van der Waals surface area contributed by atoms with Crippen molar-refractivity contribution >= 4 is 15.9 Å². The SMILES string of the molecule is CC(C)OCCS(=O)(=O)N1CCN(C(=O)[C@@H](N)Cc2ccccc2)CC1. The van der Waals surface area contributed by atoms with E-state index in [1.54, 1.807) is 4.90 Å². The third-order valence-electron chi connectivity index (χ3n) is 4.35. The maximum absolute atomic E-state index is 12.5. The molecule has 26 heavy (non-hydrogen) atoms. The molecule has 0 saturated carbocycles. The van der Waals surface area contributed by atoms with Crippen LogP contribution in [0.4, 0.5) is 0 Å². The van der Waals surface area contributed by atoms with Gasteiger partial charge in [0.05, 0.1) is 24.5 Å². The van der Waals surface area contributed by atoms with E-state index in [0.29, 0.717) is 32.6 Å².